The molecular weight excluding hydrogens is 409 g/mol. The second-order valence-electron chi connectivity index (χ2n) is 9.00. The highest BCUT2D eigenvalue weighted by Gasteiger charge is 2.31. The van der Waals surface area contributed by atoms with Crippen LogP contribution in [0.2, 0.25) is 0 Å². The Labute approximate surface area is 188 Å². The molecule has 1 saturated carbocycles. The molecule has 0 bridgehead atoms. The number of amides is 1. The van der Waals surface area contributed by atoms with Gasteiger partial charge in [0.25, 0.3) is 0 Å². The normalized spacial score (nSPS) is 20.7. The standard InChI is InChI=1S/C25H32FN3O3/c1-3-32-25(31)19-10-8-18(9-11-19)14-24(30)28-13-12-21-17(2)27-29(23(21)16-28)15-20-6-4-5-7-22(20)26/h4-7,18-19H,3,8-16H2,1-2H3. The van der Waals surface area contributed by atoms with Gasteiger partial charge in [0, 0.05) is 18.5 Å². The summed E-state index contributed by atoms with van der Waals surface area (Å²) in [5.41, 5.74) is 3.75. The number of aryl methyl sites for hydroxylation is 1. The van der Waals surface area contributed by atoms with Gasteiger partial charge in [0.1, 0.15) is 5.82 Å². The predicted molar refractivity (Wildman–Crippen MR) is 118 cm³/mol. The molecule has 0 unspecified atom stereocenters. The van der Waals surface area contributed by atoms with Crippen LogP contribution in [0.1, 0.15) is 61.5 Å². The summed E-state index contributed by atoms with van der Waals surface area (Å²) in [6.07, 6.45) is 4.67. The Morgan fingerprint density at radius 1 is 1.19 bits per heavy atom. The van der Waals surface area contributed by atoms with Gasteiger partial charge in [-0.25, -0.2) is 4.39 Å². The summed E-state index contributed by atoms with van der Waals surface area (Å²) in [6.45, 7) is 5.80. The van der Waals surface area contributed by atoms with E-state index >= 15 is 0 Å². The number of hydrogen-bond donors (Lipinski definition) is 0. The van der Waals surface area contributed by atoms with E-state index in [1.54, 1.807) is 12.1 Å². The van der Waals surface area contributed by atoms with Crippen LogP contribution in [0.5, 0.6) is 0 Å². The Kier molecular flexibility index (Phi) is 6.92. The van der Waals surface area contributed by atoms with E-state index in [1.165, 1.54) is 11.6 Å². The summed E-state index contributed by atoms with van der Waals surface area (Å²) >= 11 is 0. The molecule has 172 valence electrons. The molecule has 0 saturated heterocycles. The molecule has 32 heavy (non-hydrogen) atoms. The Morgan fingerprint density at radius 2 is 1.94 bits per heavy atom. The summed E-state index contributed by atoms with van der Waals surface area (Å²) in [6, 6.07) is 6.75. The number of esters is 1. The smallest absolute Gasteiger partial charge is 0.308 e. The van der Waals surface area contributed by atoms with Crippen molar-refractivity contribution in [3.8, 4) is 0 Å². The van der Waals surface area contributed by atoms with Gasteiger partial charge in [-0.3, -0.25) is 14.3 Å². The highest BCUT2D eigenvalue weighted by molar-refractivity contribution is 5.77. The van der Waals surface area contributed by atoms with Gasteiger partial charge in [0.2, 0.25) is 5.91 Å². The molecule has 1 aliphatic heterocycles. The predicted octanol–water partition coefficient (Wildman–Crippen LogP) is 4.02. The van der Waals surface area contributed by atoms with Gasteiger partial charge in [-0.1, -0.05) is 18.2 Å². The molecule has 4 rings (SSSR count). The van der Waals surface area contributed by atoms with Crippen LogP contribution in [0.15, 0.2) is 24.3 Å². The minimum absolute atomic E-state index is 0.0189. The lowest BCUT2D eigenvalue weighted by molar-refractivity contribution is -0.149. The fourth-order valence-electron chi connectivity index (χ4n) is 5.05. The number of hydrogen-bond acceptors (Lipinski definition) is 4. The Balaban J connectivity index is 1.37. The van der Waals surface area contributed by atoms with Crippen molar-refractivity contribution < 1.29 is 18.7 Å². The molecular formula is C25H32FN3O3. The molecule has 1 fully saturated rings. The minimum Gasteiger partial charge on any atom is -0.466 e. The maximum absolute atomic E-state index is 14.2. The van der Waals surface area contributed by atoms with Crippen molar-refractivity contribution in [1.82, 2.24) is 14.7 Å². The second kappa shape index (κ2) is 9.84. The third-order valence-electron chi connectivity index (χ3n) is 6.90. The van der Waals surface area contributed by atoms with Gasteiger partial charge < -0.3 is 9.64 Å². The van der Waals surface area contributed by atoms with Crippen molar-refractivity contribution in [2.75, 3.05) is 13.2 Å². The Morgan fingerprint density at radius 3 is 2.66 bits per heavy atom. The van der Waals surface area contributed by atoms with Gasteiger partial charge in [0.15, 0.2) is 0 Å². The molecule has 1 amide bonds. The van der Waals surface area contributed by atoms with Crippen LogP contribution >= 0.6 is 0 Å². The molecule has 1 aliphatic carbocycles. The van der Waals surface area contributed by atoms with E-state index in [2.05, 4.69) is 5.10 Å². The molecule has 1 aromatic heterocycles. The average molecular weight is 442 g/mol. The molecule has 0 radical (unpaired) electrons. The van der Waals surface area contributed by atoms with E-state index < -0.39 is 0 Å². The van der Waals surface area contributed by atoms with Crippen LogP contribution in [0, 0.1) is 24.6 Å². The van der Waals surface area contributed by atoms with E-state index in [1.807, 2.05) is 29.5 Å². The number of nitrogens with zero attached hydrogens (tertiary/aromatic N) is 3. The first-order valence-corrected chi connectivity index (χ1v) is 11.7. The molecule has 2 aromatic rings. The van der Waals surface area contributed by atoms with Gasteiger partial charge in [-0.15, -0.1) is 0 Å². The molecule has 2 heterocycles. The Hall–Kier alpha value is -2.70. The third-order valence-corrected chi connectivity index (χ3v) is 6.90. The fraction of sp³-hybridized carbons (Fsp3) is 0.560. The van der Waals surface area contributed by atoms with Crippen LogP contribution in [0.3, 0.4) is 0 Å². The Bertz CT molecular complexity index is 979. The van der Waals surface area contributed by atoms with Crippen LogP contribution in [0.4, 0.5) is 4.39 Å². The minimum atomic E-state index is -0.239. The van der Waals surface area contributed by atoms with Crippen molar-refractivity contribution in [1.29, 1.82) is 0 Å². The molecule has 0 atom stereocenters. The number of carbonyl (C=O) groups excluding carboxylic acids is 2. The lowest BCUT2D eigenvalue weighted by Gasteiger charge is -2.31. The zero-order chi connectivity index (χ0) is 22.7. The van der Waals surface area contributed by atoms with Crippen LogP contribution < -0.4 is 0 Å². The van der Waals surface area contributed by atoms with Crippen molar-refractivity contribution >= 4 is 11.9 Å². The molecule has 1 aromatic carbocycles. The number of aromatic nitrogens is 2. The molecule has 7 heteroatoms. The maximum atomic E-state index is 14.2. The molecule has 2 aliphatic rings. The fourth-order valence-corrected chi connectivity index (χ4v) is 5.05. The summed E-state index contributed by atoms with van der Waals surface area (Å²) < 4.78 is 21.2. The van der Waals surface area contributed by atoms with E-state index in [-0.39, 0.29) is 23.6 Å². The largest absolute Gasteiger partial charge is 0.466 e. The molecule has 0 N–H and O–H groups in total. The number of rotatable bonds is 6. The summed E-state index contributed by atoms with van der Waals surface area (Å²) in [5.74, 6) is 0.122. The average Bonchev–Trinajstić information content (AvgIpc) is 3.10. The monoisotopic (exact) mass is 441 g/mol. The van der Waals surface area contributed by atoms with E-state index in [0.717, 1.165) is 43.5 Å². The lowest BCUT2D eigenvalue weighted by atomic mass is 9.80. The maximum Gasteiger partial charge on any atom is 0.308 e. The van der Waals surface area contributed by atoms with Crippen molar-refractivity contribution in [3.63, 3.8) is 0 Å². The quantitative estimate of drug-likeness (QED) is 0.635. The first-order valence-electron chi connectivity index (χ1n) is 11.7. The highest BCUT2D eigenvalue weighted by Crippen LogP contribution is 2.33. The van der Waals surface area contributed by atoms with Gasteiger partial charge in [-0.2, -0.15) is 5.10 Å². The van der Waals surface area contributed by atoms with Crippen molar-refractivity contribution in [2.24, 2.45) is 11.8 Å². The number of halogens is 1. The molecule has 0 spiro atoms. The van der Waals surface area contributed by atoms with E-state index in [4.69, 9.17) is 4.74 Å². The third kappa shape index (κ3) is 4.87. The number of carbonyl (C=O) groups is 2. The van der Waals surface area contributed by atoms with Crippen LogP contribution in [-0.2, 0) is 33.8 Å². The zero-order valence-corrected chi connectivity index (χ0v) is 19.0. The van der Waals surface area contributed by atoms with E-state index in [9.17, 15) is 14.0 Å². The van der Waals surface area contributed by atoms with Crippen molar-refractivity contribution in [2.45, 2.75) is 65.5 Å². The van der Waals surface area contributed by atoms with E-state index in [0.29, 0.717) is 44.1 Å². The zero-order valence-electron chi connectivity index (χ0n) is 19.0. The summed E-state index contributed by atoms with van der Waals surface area (Å²) in [4.78, 5) is 26.9. The number of fused-ring (bicyclic) bond motifs is 1. The summed E-state index contributed by atoms with van der Waals surface area (Å²) in [7, 11) is 0. The topological polar surface area (TPSA) is 64.4 Å². The van der Waals surface area contributed by atoms with Gasteiger partial charge in [0.05, 0.1) is 37.0 Å². The first kappa shape index (κ1) is 22.5. The van der Waals surface area contributed by atoms with Crippen LogP contribution in [-0.4, -0.2) is 39.7 Å². The summed E-state index contributed by atoms with van der Waals surface area (Å²) in [5, 5.41) is 4.65. The van der Waals surface area contributed by atoms with Crippen LogP contribution in [0.25, 0.3) is 0 Å². The molecule has 6 nitrogen and oxygen atoms in total. The van der Waals surface area contributed by atoms with Crippen molar-refractivity contribution in [3.05, 3.63) is 52.6 Å². The highest BCUT2D eigenvalue weighted by atomic mass is 19.1. The van der Waals surface area contributed by atoms with Gasteiger partial charge >= 0.3 is 5.97 Å². The second-order valence-corrected chi connectivity index (χ2v) is 9.00. The van der Waals surface area contributed by atoms with Gasteiger partial charge in [-0.05, 0) is 63.5 Å². The SMILES string of the molecule is CCOC(=O)C1CCC(CC(=O)N2CCc3c(C)nn(Cc4ccccc4F)c3C2)CC1. The number of benzene rings is 1. The lowest BCUT2D eigenvalue weighted by Crippen LogP contribution is -2.38. The number of ether oxygens (including phenoxy) is 1. The first-order chi connectivity index (χ1) is 15.5.